The largest absolute Gasteiger partial charge is 0.497 e. The maximum Gasteiger partial charge on any atom is 0.248 e. The molecule has 1 amide bonds. The molecule has 6 nitrogen and oxygen atoms in total. The summed E-state index contributed by atoms with van der Waals surface area (Å²) in [7, 11) is -2.36. The number of nitrogens with one attached hydrogen (secondary N) is 1. The molecule has 1 heterocycles. The number of nitrogens with zero attached hydrogens (tertiary/aromatic N) is 1. The molecule has 2 aliphatic carbocycles. The van der Waals surface area contributed by atoms with Crippen molar-refractivity contribution in [1.82, 2.24) is 9.29 Å². The molecule has 1 unspecified atom stereocenters. The molecule has 31 heavy (non-hydrogen) atoms. The number of ether oxygens (including phenoxy) is 1. The number of allylic oxidation sites excluding steroid dienone is 2. The Bertz CT molecular complexity index is 1230. The van der Waals surface area contributed by atoms with Crippen LogP contribution >= 0.6 is 0 Å². The van der Waals surface area contributed by atoms with E-state index in [1.54, 1.807) is 25.2 Å². The van der Waals surface area contributed by atoms with Crippen LogP contribution in [-0.2, 0) is 26.1 Å². The predicted octanol–water partition coefficient (Wildman–Crippen LogP) is 4.13. The molecule has 1 saturated carbocycles. The first kappa shape index (κ1) is 21.4. The highest BCUT2D eigenvalue weighted by molar-refractivity contribution is 7.91. The highest BCUT2D eigenvalue weighted by Crippen LogP contribution is 2.45. The summed E-state index contributed by atoms with van der Waals surface area (Å²) in [6.45, 7) is 7.57. The van der Waals surface area contributed by atoms with Crippen molar-refractivity contribution in [2.75, 3.05) is 7.11 Å². The maximum atomic E-state index is 14.0. The number of benzene rings is 1. The van der Waals surface area contributed by atoms with E-state index in [4.69, 9.17) is 4.74 Å². The van der Waals surface area contributed by atoms with E-state index in [9.17, 15) is 13.2 Å². The minimum Gasteiger partial charge on any atom is -0.497 e. The van der Waals surface area contributed by atoms with Crippen LogP contribution < -0.4 is 5.32 Å². The maximum absolute atomic E-state index is 14.0. The molecule has 1 atom stereocenters. The molecule has 0 aliphatic heterocycles. The van der Waals surface area contributed by atoms with E-state index in [0.717, 1.165) is 23.8 Å². The zero-order valence-electron chi connectivity index (χ0n) is 18.1. The fraction of sp³-hybridized carbons (Fsp3) is 0.375. The third kappa shape index (κ3) is 3.61. The number of hydrogen-bond acceptors (Lipinski definition) is 4. The van der Waals surface area contributed by atoms with Crippen molar-refractivity contribution >= 4 is 32.9 Å². The van der Waals surface area contributed by atoms with Crippen molar-refractivity contribution in [2.24, 2.45) is 5.41 Å². The second kappa shape index (κ2) is 7.41. The summed E-state index contributed by atoms with van der Waals surface area (Å²) in [5.41, 5.74) is 1.59. The van der Waals surface area contributed by atoms with Gasteiger partial charge in [-0.05, 0) is 56.0 Å². The number of methoxy groups -OCH3 is 1. The summed E-state index contributed by atoms with van der Waals surface area (Å²) >= 11 is 0. The molecule has 0 radical (unpaired) electrons. The average molecular weight is 441 g/mol. The van der Waals surface area contributed by atoms with Gasteiger partial charge in [-0.25, -0.2) is 12.4 Å². The number of amides is 1. The van der Waals surface area contributed by atoms with E-state index in [0.29, 0.717) is 23.4 Å². The molecule has 0 saturated heterocycles. The normalized spacial score (nSPS) is 22.1. The fourth-order valence-electron chi connectivity index (χ4n) is 3.92. The van der Waals surface area contributed by atoms with E-state index < -0.39 is 14.8 Å². The molecule has 1 fully saturated rings. The summed E-state index contributed by atoms with van der Waals surface area (Å²) in [6.07, 6.45) is 8.97. The van der Waals surface area contributed by atoms with E-state index in [1.807, 2.05) is 37.3 Å². The third-order valence-corrected chi connectivity index (χ3v) is 8.76. The van der Waals surface area contributed by atoms with Gasteiger partial charge in [-0.2, -0.15) is 0 Å². The number of rotatable bonds is 7. The summed E-state index contributed by atoms with van der Waals surface area (Å²) in [5.74, 6) is 0.471. The highest BCUT2D eigenvalue weighted by atomic mass is 32.2. The third-order valence-electron chi connectivity index (χ3n) is 6.39. The van der Waals surface area contributed by atoms with Crippen LogP contribution in [0.5, 0.6) is 0 Å². The molecular formula is C24H28N2O4S. The second-order valence-electron chi connectivity index (χ2n) is 8.84. The van der Waals surface area contributed by atoms with E-state index in [-0.39, 0.29) is 17.9 Å². The fourth-order valence-corrected chi connectivity index (χ4v) is 5.75. The van der Waals surface area contributed by atoms with Crippen molar-refractivity contribution in [3.05, 3.63) is 66.1 Å². The van der Waals surface area contributed by atoms with Crippen LogP contribution in [0.3, 0.4) is 0 Å². The molecule has 1 aromatic carbocycles. The Kier molecular flexibility index (Phi) is 5.12. The first-order valence-corrected chi connectivity index (χ1v) is 11.8. The van der Waals surface area contributed by atoms with Crippen molar-refractivity contribution in [1.29, 1.82) is 0 Å². The van der Waals surface area contributed by atoms with Gasteiger partial charge in [0, 0.05) is 10.8 Å². The predicted molar refractivity (Wildman–Crippen MR) is 123 cm³/mol. The van der Waals surface area contributed by atoms with Crippen LogP contribution in [0.4, 0.5) is 0 Å². The molecule has 7 heteroatoms. The van der Waals surface area contributed by atoms with Crippen molar-refractivity contribution in [3.8, 4) is 0 Å². The monoisotopic (exact) mass is 440 g/mol. The van der Waals surface area contributed by atoms with E-state index >= 15 is 0 Å². The molecule has 2 aliphatic rings. The van der Waals surface area contributed by atoms with Crippen LogP contribution in [0.15, 0.2) is 54.8 Å². The van der Waals surface area contributed by atoms with Crippen molar-refractivity contribution in [2.45, 2.75) is 44.4 Å². The van der Waals surface area contributed by atoms with Crippen LogP contribution in [0, 0.1) is 5.41 Å². The first-order valence-electron chi connectivity index (χ1n) is 10.4. The second-order valence-corrected chi connectivity index (χ2v) is 11.1. The molecule has 1 N–H and O–H groups in total. The van der Waals surface area contributed by atoms with Gasteiger partial charge in [0.1, 0.15) is 10.5 Å². The van der Waals surface area contributed by atoms with Crippen LogP contribution in [-0.4, -0.2) is 30.2 Å². The van der Waals surface area contributed by atoms with Crippen molar-refractivity contribution < 1.29 is 17.9 Å². The van der Waals surface area contributed by atoms with Gasteiger partial charge in [-0.1, -0.05) is 37.8 Å². The van der Waals surface area contributed by atoms with Crippen molar-refractivity contribution in [3.63, 3.8) is 0 Å². The Balaban J connectivity index is 1.84. The topological polar surface area (TPSA) is 77.4 Å². The van der Waals surface area contributed by atoms with Gasteiger partial charge in [-0.3, -0.25) is 4.79 Å². The SMILES string of the molecule is C=Cc1ccc2cc(CNC(=O)C3(C)CC3)n(S(=O)(=O)C3(C)C=C(OC)C=CC3)c2c1. The zero-order chi connectivity index (χ0) is 22.4. The summed E-state index contributed by atoms with van der Waals surface area (Å²) in [5, 5.41) is 3.73. The van der Waals surface area contributed by atoms with Crippen LogP contribution in [0.2, 0.25) is 0 Å². The standard InChI is InChI=1S/C24H28N2O4S/c1-5-17-8-9-18-14-19(16-25-22(27)23(2)11-12-23)26(21(18)13-17)31(28,29)24(3)10-6-7-20(15-24)30-4/h5-9,13-15H,1,10-12,16H2,2-4H3,(H,25,27). The zero-order valence-corrected chi connectivity index (χ0v) is 19.0. The summed E-state index contributed by atoms with van der Waals surface area (Å²) in [6, 6.07) is 7.42. The Morgan fingerprint density at radius 1 is 1.29 bits per heavy atom. The Morgan fingerprint density at radius 2 is 2.03 bits per heavy atom. The number of carbonyl (C=O) groups excluding carboxylic acids is 1. The lowest BCUT2D eigenvalue weighted by Crippen LogP contribution is -2.40. The lowest BCUT2D eigenvalue weighted by Gasteiger charge is -2.29. The summed E-state index contributed by atoms with van der Waals surface area (Å²) in [4.78, 5) is 12.5. The number of hydrogen-bond donors (Lipinski definition) is 1. The molecule has 0 spiro atoms. The van der Waals surface area contributed by atoms with Gasteiger partial charge in [0.05, 0.1) is 24.9 Å². The smallest absolute Gasteiger partial charge is 0.248 e. The van der Waals surface area contributed by atoms with Crippen LogP contribution in [0.1, 0.15) is 44.4 Å². The quantitative estimate of drug-likeness (QED) is 0.702. The molecule has 164 valence electrons. The molecule has 0 bridgehead atoms. The number of aromatic nitrogens is 1. The van der Waals surface area contributed by atoms with Crippen LogP contribution in [0.25, 0.3) is 17.0 Å². The van der Waals surface area contributed by atoms with E-state index in [2.05, 4.69) is 11.9 Å². The first-order chi connectivity index (χ1) is 14.6. The van der Waals surface area contributed by atoms with Gasteiger partial charge in [0.15, 0.2) is 0 Å². The highest BCUT2D eigenvalue weighted by Gasteiger charge is 2.45. The molecular weight excluding hydrogens is 412 g/mol. The molecule has 2 aromatic rings. The average Bonchev–Trinajstić information content (AvgIpc) is 3.39. The Labute approximate surface area is 183 Å². The number of carbonyl (C=O) groups is 1. The lowest BCUT2D eigenvalue weighted by molar-refractivity contribution is -0.125. The minimum atomic E-state index is -3.89. The van der Waals surface area contributed by atoms with Gasteiger partial charge >= 0.3 is 0 Å². The van der Waals surface area contributed by atoms with E-state index in [1.165, 1.54) is 11.1 Å². The minimum absolute atomic E-state index is 0.0399. The van der Waals surface area contributed by atoms with Gasteiger partial charge in [0.25, 0.3) is 0 Å². The van der Waals surface area contributed by atoms with Gasteiger partial charge < -0.3 is 10.1 Å². The summed E-state index contributed by atoms with van der Waals surface area (Å²) < 4.78 is 33.5. The Hall–Kier alpha value is -2.80. The van der Waals surface area contributed by atoms with Gasteiger partial charge in [0.2, 0.25) is 15.9 Å². The van der Waals surface area contributed by atoms with Gasteiger partial charge in [-0.15, -0.1) is 0 Å². The lowest BCUT2D eigenvalue weighted by atomic mass is 10.0. The number of fused-ring (bicyclic) bond motifs is 1. The molecule has 4 rings (SSSR count). The molecule has 1 aromatic heterocycles. The Morgan fingerprint density at radius 3 is 2.68 bits per heavy atom.